The number of benzene rings is 2. The van der Waals surface area contributed by atoms with E-state index in [4.69, 9.17) is 9.84 Å². The van der Waals surface area contributed by atoms with Crippen LogP contribution in [0.2, 0.25) is 0 Å². The molecule has 2 aromatic carbocycles. The summed E-state index contributed by atoms with van der Waals surface area (Å²) in [6.07, 6.45) is -1.68. The third kappa shape index (κ3) is 4.63. The molecule has 0 amide bonds. The molecule has 36 heavy (non-hydrogen) atoms. The molecule has 6 nitrogen and oxygen atoms in total. The van der Waals surface area contributed by atoms with E-state index in [-0.39, 0.29) is 11.3 Å². The van der Waals surface area contributed by atoms with Crippen LogP contribution in [-0.4, -0.2) is 26.9 Å². The van der Waals surface area contributed by atoms with Crippen molar-refractivity contribution in [3.8, 4) is 22.7 Å². The van der Waals surface area contributed by atoms with E-state index in [2.05, 4.69) is 9.97 Å². The lowest BCUT2D eigenvalue weighted by Crippen LogP contribution is -2.14. The van der Waals surface area contributed by atoms with Crippen molar-refractivity contribution >= 4 is 17.3 Å². The minimum Gasteiger partial charge on any atom is -0.497 e. The number of hydrogen-bond acceptors (Lipinski definition) is 5. The number of hydrogen-bond donors (Lipinski definition) is 0. The Bertz CT molecular complexity index is 1470. The molecule has 0 aliphatic carbocycles. The van der Waals surface area contributed by atoms with Gasteiger partial charge in [-0.2, -0.15) is 13.2 Å². The maximum atomic E-state index is 13.6. The summed E-state index contributed by atoms with van der Waals surface area (Å²) in [7, 11) is 1.57. The van der Waals surface area contributed by atoms with Crippen molar-refractivity contribution in [3.05, 3.63) is 109 Å². The first-order valence-electron chi connectivity index (χ1n) is 11.0. The lowest BCUT2D eigenvalue weighted by molar-refractivity contribution is -0.140. The van der Waals surface area contributed by atoms with Gasteiger partial charge in [0.1, 0.15) is 11.6 Å². The van der Waals surface area contributed by atoms with Gasteiger partial charge in [0, 0.05) is 29.7 Å². The van der Waals surface area contributed by atoms with Crippen LogP contribution >= 0.6 is 0 Å². The van der Waals surface area contributed by atoms with Crippen molar-refractivity contribution in [1.82, 2.24) is 19.7 Å². The SMILES string of the molecule is COc1ccc(N(c2cccc(-c3cccnc3C(F)(F)F)n2)c2ccn(-c3ccccc3)n2)cc1. The minimum absolute atomic E-state index is 0.101. The van der Waals surface area contributed by atoms with Crippen molar-refractivity contribution in [1.29, 1.82) is 0 Å². The molecule has 5 rings (SSSR count). The number of para-hydroxylation sites is 1. The summed E-state index contributed by atoms with van der Waals surface area (Å²) >= 11 is 0. The van der Waals surface area contributed by atoms with Gasteiger partial charge in [0.15, 0.2) is 11.5 Å². The molecule has 180 valence electrons. The molecule has 0 fully saturated rings. The van der Waals surface area contributed by atoms with Gasteiger partial charge < -0.3 is 4.74 Å². The molecular formula is C27H20F3N5O. The third-order valence-corrected chi connectivity index (χ3v) is 5.47. The number of alkyl halides is 3. The Kier molecular flexibility index (Phi) is 6.12. The highest BCUT2D eigenvalue weighted by Crippen LogP contribution is 2.37. The highest BCUT2D eigenvalue weighted by atomic mass is 19.4. The molecule has 0 aliphatic heterocycles. The fourth-order valence-electron chi connectivity index (χ4n) is 3.81. The second kappa shape index (κ2) is 9.53. The van der Waals surface area contributed by atoms with Gasteiger partial charge in [0.25, 0.3) is 0 Å². The molecule has 0 bridgehead atoms. The number of methoxy groups -OCH3 is 1. The predicted molar refractivity (Wildman–Crippen MR) is 131 cm³/mol. The smallest absolute Gasteiger partial charge is 0.434 e. The van der Waals surface area contributed by atoms with E-state index in [9.17, 15) is 13.2 Å². The van der Waals surface area contributed by atoms with Crippen molar-refractivity contribution in [2.75, 3.05) is 12.0 Å². The Labute approximate surface area is 205 Å². The van der Waals surface area contributed by atoms with Crippen LogP contribution in [0.3, 0.4) is 0 Å². The zero-order valence-electron chi connectivity index (χ0n) is 19.1. The number of nitrogens with zero attached hydrogens (tertiary/aromatic N) is 5. The van der Waals surface area contributed by atoms with E-state index in [1.807, 2.05) is 54.7 Å². The molecule has 5 aromatic rings. The summed E-state index contributed by atoms with van der Waals surface area (Å²) in [6, 6.07) is 26.4. The lowest BCUT2D eigenvalue weighted by atomic mass is 10.1. The van der Waals surface area contributed by atoms with E-state index in [0.29, 0.717) is 23.1 Å². The normalized spacial score (nSPS) is 11.3. The highest BCUT2D eigenvalue weighted by molar-refractivity contribution is 5.74. The maximum absolute atomic E-state index is 13.6. The van der Waals surface area contributed by atoms with Crippen LogP contribution in [0.1, 0.15) is 5.69 Å². The molecule has 3 heterocycles. The molecule has 0 saturated heterocycles. The Morgan fingerprint density at radius 2 is 1.58 bits per heavy atom. The van der Waals surface area contributed by atoms with E-state index < -0.39 is 11.9 Å². The topological polar surface area (TPSA) is 56.1 Å². The second-order valence-electron chi connectivity index (χ2n) is 7.77. The molecular weight excluding hydrogens is 467 g/mol. The zero-order chi connectivity index (χ0) is 25.1. The number of rotatable bonds is 6. The van der Waals surface area contributed by atoms with Crippen LogP contribution in [0.25, 0.3) is 16.9 Å². The average Bonchev–Trinajstić information content (AvgIpc) is 3.39. The van der Waals surface area contributed by atoms with E-state index in [0.717, 1.165) is 11.9 Å². The molecule has 0 N–H and O–H groups in total. The molecule has 3 aromatic heterocycles. The Morgan fingerprint density at radius 1 is 0.806 bits per heavy atom. The van der Waals surface area contributed by atoms with Crippen LogP contribution in [0.4, 0.5) is 30.5 Å². The van der Waals surface area contributed by atoms with Crippen molar-refractivity contribution in [3.63, 3.8) is 0 Å². The summed E-state index contributed by atoms with van der Waals surface area (Å²) in [5, 5.41) is 4.71. The van der Waals surface area contributed by atoms with Crippen molar-refractivity contribution in [2.24, 2.45) is 0 Å². The monoisotopic (exact) mass is 487 g/mol. The zero-order valence-corrected chi connectivity index (χ0v) is 19.1. The molecule has 0 saturated carbocycles. The van der Waals surface area contributed by atoms with Crippen LogP contribution in [0.15, 0.2) is 103 Å². The Morgan fingerprint density at radius 3 is 2.31 bits per heavy atom. The molecule has 0 radical (unpaired) electrons. The average molecular weight is 487 g/mol. The van der Waals surface area contributed by atoms with Crippen LogP contribution in [-0.2, 0) is 6.18 Å². The number of aromatic nitrogens is 4. The van der Waals surface area contributed by atoms with Gasteiger partial charge in [-0.1, -0.05) is 24.3 Å². The van der Waals surface area contributed by atoms with E-state index in [1.165, 1.54) is 18.2 Å². The highest BCUT2D eigenvalue weighted by Gasteiger charge is 2.35. The van der Waals surface area contributed by atoms with Crippen molar-refractivity contribution in [2.45, 2.75) is 6.18 Å². The summed E-state index contributed by atoms with van der Waals surface area (Å²) in [5.74, 6) is 1.60. The van der Waals surface area contributed by atoms with Gasteiger partial charge in [-0.15, -0.1) is 5.10 Å². The van der Waals surface area contributed by atoms with Crippen LogP contribution in [0.5, 0.6) is 5.75 Å². The van der Waals surface area contributed by atoms with Gasteiger partial charge in [0.2, 0.25) is 0 Å². The first-order chi connectivity index (χ1) is 17.4. The summed E-state index contributed by atoms with van der Waals surface area (Å²) < 4.78 is 47.9. The lowest BCUT2D eigenvalue weighted by Gasteiger charge is -2.22. The largest absolute Gasteiger partial charge is 0.497 e. The molecule has 0 spiro atoms. The van der Waals surface area contributed by atoms with Gasteiger partial charge >= 0.3 is 6.18 Å². The fraction of sp³-hybridized carbons (Fsp3) is 0.0741. The maximum Gasteiger partial charge on any atom is 0.434 e. The first kappa shape index (κ1) is 23.1. The summed E-state index contributed by atoms with van der Waals surface area (Å²) in [6.45, 7) is 0. The Hall–Kier alpha value is -4.66. The number of ether oxygens (including phenoxy) is 1. The first-order valence-corrected chi connectivity index (χ1v) is 11.0. The Balaban J connectivity index is 1.63. The van der Waals surface area contributed by atoms with Crippen LogP contribution < -0.4 is 9.64 Å². The molecule has 9 heteroatoms. The number of pyridine rings is 2. The molecule has 0 aliphatic rings. The fourth-order valence-corrected chi connectivity index (χ4v) is 3.81. The standard InChI is InChI=1S/C27H20F3N5O/c1-36-21-14-12-20(13-15-21)35(25-16-18-34(33-25)19-7-3-2-4-8-19)24-11-5-10-23(32-24)22-9-6-17-31-26(22)27(28,29)30/h2-18H,1H3. The molecule has 0 unspecified atom stereocenters. The van der Waals surface area contributed by atoms with Gasteiger partial charge in [-0.3, -0.25) is 9.88 Å². The van der Waals surface area contributed by atoms with Crippen molar-refractivity contribution < 1.29 is 17.9 Å². The second-order valence-corrected chi connectivity index (χ2v) is 7.77. The van der Waals surface area contributed by atoms with E-state index in [1.54, 1.807) is 41.0 Å². The summed E-state index contributed by atoms with van der Waals surface area (Å²) in [5.41, 5.74) is 0.635. The van der Waals surface area contributed by atoms with Gasteiger partial charge in [-0.05, 0) is 60.7 Å². The third-order valence-electron chi connectivity index (χ3n) is 5.47. The van der Waals surface area contributed by atoms with Crippen LogP contribution in [0, 0.1) is 0 Å². The van der Waals surface area contributed by atoms with Gasteiger partial charge in [0.05, 0.1) is 18.5 Å². The quantitative estimate of drug-likeness (QED) is 0.263. The number of halogens is 3. The molecule has 0 atom stereocenters. The minimum atomic E-state index is -4.61. The number of anilines is 3. The van der Waals surface area contributed by atoms with Gasteiger partial charge in [-0.25, -0.2) is 9.67 Å². The van der Waals surface area contributed by atoms with E-state index >= 15 is 0 Å². The predicted octanol–water partition coefficient (Wildman–Crippen LogP) is 6.83. The summed E-state index contributed by atoms with van der Waals surface area (Å²) in [4.78, 5) is 9.94.